The zero-order valence-corrected chi connectivity index (χ0v) is 17.1. The third-order valence-corrected chi connectivity index (χ3v) is 6.16. The number of hydrogen-bond donors (Lipinski definition) is 1. The SMILES string of the molecule is O=C(CN1CCCC1c1ccc2c(c1)OCCCO2)NC1CCOc2ccccc21. The van der Waals surface area contributed by atoms with Crippen molar-refractivity contribution in [2.75, 3.05) is 32.9 Å². The number of ether oxygens (including phenoxy) is 3. The van der Waals surface area contributed by atoms with Crippen LogP contribution < -0.4 is 19.5 Å². The predicted molar refractivity (Wildman–Crippen MR) is 113 cm³/mol. The van der Waals surface area contributed by atoms with Gasteiger partial charge in [-0.05, 0) is 43.1 Å². The normalized spacial score (nSPS) is 23.2. The minimum Gasteiger partial charge on any atom is -0.493 e. The molecule has 3 heterocycles. The number of carbonyl (C=O) groups excluding carboxylic acids is 1. The molecule has 2 aromatic carbocycles. The van der Waals surface area contributed by atoms with Crippen LogP contribution in [0.25, 0.3) is 0 Å². The van der Waals surface area contributed by atoms with Crippen molar-refractivity contribution in [3.8, 4) is 17.2 Å². The summed E-state index contributed by atoms with van der Waals surface area (Å²) in [6.07, 6.45) is 3.84. The molecule has 3 aliphatic rings. The summed E-state index contributed by atoms with van der Waals surface area (Å²) in [5, 5.41) is 3.23. The monoisotopic (exact) mass is 408 g/mol. The molecule has 3 aliphatic heterocycles. The van der Waals surface area contributed by atoms with E-state index in [4.69, 9.17) is 14.2 Å². The molecular formula is C24H28N2O4. The molecule has 1 saturated heterocycles. The lowest BCUT2D eigenvalue weighted by Gasteiger charge is -2.29. The minimum atomic E-state index is 0.0153. The van der Waals surface area contributed by atoms with Gasteiger partial charge in [-0.15, -0.1) is 0 Å². The second kappa shape index (κ2) is 8.56. The second-order valence-electron chi connectivity index (χ2n) is 8.18. The summed E-state index contributed by atoms with van der Waals surface area (Å²) in [6, 6.07) is 14.4. The third-order valence-electron chi connectivity index (χ3n) is 6.16. The zero-order valence-electron chi connectivity index (χ0n) is 17.1. The Morgan fingerprint density at radius 2 is 1.77 bits per heavy atom. The summed E-state index contributed by atoms with van der Waals surface area (Å²) >= 11 is 0. The Labute approximate surface area is 177 Å². The van der Waals surface area contributed by atoms with Gasteiger partial charge in [-0.25, -0.2) is 0 Å². The standard InChI is InChI=1S/C24H28N2O4/c27-24(25-19-10-14-30-21-7-2-1-5-18(19)21)16-26-11-3-6-20(26)17-8-9-22-23(15-17)29-13-4-12-28-22/h1-2,5,7-9,15,19-20H,3-4,6,10-14,16H2,(H,25,27). The Bertz CT molecular complexity index is 916. The quantitative estimate of drug-likeness (QED) is 0.837. The Morgan fingerprint density at radius 3 is 2.70 bits per heavy atom. The van der Waals surface area contributed by atoms with Crippen molar-refractivity contribution in [3.05, 3.63) is 53.6 Å². The van der Waals surface area contributed by atoms with Crippen molar-refractivity contribution in [1.82, 2.24) is 10.2 Å². The molecule has 6 heteroatoms. The zero-order chi connectivity index (χ0) is 20.3. The van der Waals surface area contributed by atoms with E-state index in [-0.39, 0.29) is 18.0 Å². The summed E-state index contributed by atoms with van der Waals surface area (Å²) in [4.78, 5) is 15.2. The van der Waals surface area contributed by atoms with Gasteiger partial charge in [-0.3, -0.25) is 9.69 Å². The number of benzene rings is 2. The van der Waals surface area contributed by atoms with Crippen LogP contribution in [0.5, 0.6) is 17.2 Å². The molecular weight excluding hydrogens is 380 g/mol. The average molecular weight is 408 g/mol. The van der Waals surface area contributed by atoms with Gasteiger partial charge in [0.2, 0.25) is 5.91 Å². The Hall–Kier alpha value is -2.73. The van der Waals surface area contributed by atoms with Crippen LogP contribution in [-0.4, -0.2) is 43.7 Å². The molecule has 0 bridgehead atoms. The predicted octanol–water partition coefficient (Wildman–Crippen LogP) is 3.62. The molecule has 1 N–H and O–H groups in total. The lowest BCUT2D eigenvalue weighted by Crippen LogP contribution is -2.40. The highest BCUT2D eigenvalue weighted by Gasteiger charge is 2.30. The molecule has 0 radical (unpaired) electrons. The highest BCUT2D eigenvalue weighted by atomic mass is 16.5. The highest BCUT2D eigenvalue weighted by molar-refractivity contribution is 5.78. The average Bonchev–Trinajstić information content (AvgIpc) is 3.09. The van der Waals surface area contributed by atoms with Gasteiger partial charge in [0.05, 0.1) is 32.4 Å². The van der Waals surface area contributed by atoms with Crippen LogP contribution in [0.4, 0.5) is 0 Å². The van der Waals surface area contributed by atoms with Gasteiger partial charge < -0.3 is 19.5 Å². The fourth-order valence-electron chi connectivity index (χ4n) is 4.70. The summed E-state index contributed by atoms with van der Waals surface area (Å²) < 4.78 is 17.3. The first-order valence-corrected chi connectivity index (χ1v) is 10.9. The van der Waals surface area contributed by atoms with Crippen molar-refractivity contribution < 1.29 is 19.0 Å². The number of carbonyl (C=O) groups is 1. The van der Waals surface area contributed by atoms with E-state index in [2.05, 4.69) is 22.3 Å². The number of nitrogens with zero attached hydrogens (tertiary/aromatic N) is 1. The maximum Gasteiger partial charge on any atom is 0.234 e. The molecule has 0 spiro atoms. The molecule has 2 atom stereocenters. The van der Waals surface area contributed by atoms with Gasteiger partial charge >= 0.3 is 0 Å². The molecule has 0 aliphatic carbocycles. The molecule has 5 rings (SSSR count). The molecule has 1 fully saturated rings. The number of hydrogen-bond acceptors (Lipinski definition) is 5. The maximum absolute atomic E-state index is 12.9. The first-order valence-electron chi connectivity index (χ1n) is 10.9. The van der Waals surface area contributed by atoms with Gasteiger partial charge in [0, 0.05) is 24.4 Å². The largest absolute Gasteiger partial charge is 0.493 e. The van der Waals surface area contributed by atoms with Crippen LogP contribution in [0.15, 0.2) is 42.5 Å². The maximum atomic E-state index is 12.9. The van der Waals surface area contributed by atoms with E-state index in [1.807, 2.05) is 30.3 Å². The van der Waals surface area contributed by atoms with E-state index < -0.39 is 0 Å². The van der Waals surface area contributed by atoms with Crippen LogP contribution in [0.3, 0.4) is 0 Å². The van der Waals surface area contributed by atoms with E-state index in [0.29, 0.717) is 26.4 Å². The third kappa shape index (κ3) is 3.97. The lowest BCUT2D eigenvalue weighted by molar-refractivity contribution is -0.123. The lowest BCUT2D eigenvalue weighted by atomic mass is 10.0. The van der Waals surface area contributed by atoms with Crippen LogP contribution in [0.1, 0.15) is 48.9 Å². The second-order valence-corrected chi connectivity index (χ2v) is 8.18. The molecule has 2 aromatic rings. The minimum absolute atomic E-state index is 0.0153. The summed E-state index contributed by atoms with van der Waals surface area (Å²) in [5.74, 6) is 2.58. The van der Waals surface area contributed by atoms with Gasteiger partial charge in [-0.1, -0.05) is 24.3 Å². The van der Waals surface area contributed by atoms with Gasteiger partial charge in [0.1, 0.15) is 5.75 Å². The summed E-state index contributed by atoms with van der Waals surface area (Å²) in [7, 11) is 0. The van der Waals surface area contributed by atoms with Crippen LogP contribution in [0.2, 0.25) is 0 Å². The summed E-state index contributed by atoms with van der Waals surface area (Å²) in [5.41, 5.74) is 2.26. The number of para-hydroxylation sites is 1. The number of nitrogens with one attached hydrogen (secondary N) is 1. The van der Waals surface area contributed by atoms with E-state index >= 15 is 0 Å². The summed E-state index contributed by atoms with van der Waals surface area (Å²) in [6.45, 7) is 3.33. The molecule has 2 unspecified atom stereocenters. The molecule has 0 aromatic heterocycles. The van der Waals surface area contributed by atoms with E-state index in [1.54, 1.807) is 0 Å². The number of likely N-dealkylation sites (tertiary alicyclic amines) is 1. The number of rotatable bonds is 4. The first kappa shape index (κ1) is 19.2. The van der Waals surface area contributed by atoms with Crippen LogP contribution in [0, 0.1) is 0 Å². The smallest absolute Gasteiger partial charge is 0.234 e. The van der Waals surface area contributed by atoms with Crippen molar-refractivity contribution >= 4 is 5.91 Å². The molecule has 1 amide bonds. The van der Waals surface area contributed by atoms with Crippen molar-refractivity contribution in [3.63, 3.8) is 0 Å². The van der Waals surface area contributed by atoms with Crippen LogP contribution >= 0.6 is 0 Å². The van der Waals surface area contributed by atoms with Gasteiger partial charge in [0.15, 0.2) is 11.5 Å². The Balaban J connectivity index is 1.26. The van der Waals surface area contributed by atoms with E-state index in [9.17, 15) is 4.79 Å². The van der Waals surface area contributed by atoms with Crippen LogP contribution in [-0.2, 0) is 4.79 Å². The molecule has 0 saturated carbocycles. The van der Waals surface area contributed by atoms with E-state index in [1.165, 1.54) is 5.56 Å². The Kier molecular flexibility index (Phi) is 5.49. The highest BCUT2D eigenvalue weighted by Crippen LogP contribution is 2.38. The van der Waals surface area contributed by atoms with E-state index in [0.717, 1.165) is 55.0 Å². The van der Waals surface area contributed by atoms with Crippen molar-refractivity contribution in [1.29, 1.82) is 0 Å². The fourth-order valence-corrected chi connectivity index (χ4v) is 4.70. The number of fused-ring (bicyclic) bond motifs is 2. The van der Waals surface area contributed by atoms with Gasteiger partial charge in [0.25, 0.3) is 0 Å². The van der Waals surface area contributed by atoms with Gasteiger partial charge in [-0.2, -0.15) is 0 Å². The first-order chi connectivity index (χ1) is 14.8. The molecule has 158 valence electrons. The molecule has 6 nitrogen and oxygen atoms in total. The Morgan fingerprint density at radius 1 is 0.933 bits per heavy atom. The van der Waals surface area contributed by atoms with Crippen molar-refractivity contribution in [2.24, 2.45) is 0 Å². The molecule has 30 heavy (non-hydrogen) atoms. The van der Waals surface area contributed by atoms with Crippen molar-refractivity contribution in [2.45, 2.75) is 37.8 Å². The topological polar surface area (TPSA) is 60.0 Å². The fraction of sp³-hybridized carbons (Fsp3) is 0.458. The number of amides is 1.